The Kier molecular flexibility index (Phi) is 6.28. The van der Waals surface area contributed by atoms with Crippen LogP contribution in [0.5, 0.6) is 0 Å². The van der Waals surface area contributed by atoms with E-state index in [0.29, 0.717) is 24.4 Å². The van der Waals surface area contributed by atoms with Crippen LogP contribution in [-0.2, 0) is 11.3 Å². The average molecular weight is 364 g/mol. The summed E-state index contributed by atoms with van der Waals surface area (Å²) in [5.41, 5.74) is 2.76. The molecule has 0 spiro atoms. The van der Waals surface area contributed by atoms with E-state index in [-0.39, 0.29) is 17.9 Å². The molecule has 1 saturated heterocycles. The second kappa shape index (κ2) is 8.85. The van der Waals surface area contributed by atoms with Crippen molar-refractivity contribution in [3.05, 3.63) is 71.3 Å². The van der Waals surface area contributed by atoms with Gasteiger partial charge in [0, 0.05) is 25.1 Å². The van der Waals surface area contributed by atoms with E-state index < -0.39 is 0 Å². The molecule has 0 aromatic heterocycles. The second-order valence-corrected chi connectivity index (χ2v) is 7.69. The summed E-state index contributed by atoms with van der Waals surface area (Å²) in [7, 11) is 0. The summed E-state index contributed by atoms with van der Waals surface area (Å²) in [5, 5.41) is 3.19. The van der Waals surface area contributed by atoms with Crippen molar-refractivity contribution in [2.45, 2.75) is 45.7 Å². The zero-order valence-electron chi connectivity index (χ0n) is 16.2. The van der Waals surface area contributed by atoms with E-state index in [2.05, 4.69) is 31.3 Å². The van der Waals surface area contributed by atoms with Crippen LogP contribution in [0.4, 0.5) is 0 Å². The number of rotatable bonds is 7. The van der Waals surface area contributed by atoms with Gasteiger partial charge in [-0.15, -0.1) is 0 Å². The van der Waals surface area contributed by atoms with Crippen molar-refractivity contribution in [1.82, 2.24) is 10.2 Å². The van der Waals surface area contributed by atoms with Gasteiger partial charge in [0.15, 0.2) is 0 Å². The van der Waals surface area contributed by atoms with Crippen LogP contribution in [0.2, 0.25) is 0 Å². The minimum atomic E-state index is -0.0703. The lowest BCUT2D eigenvalue weighted by Gasteiger charge is -2.21. The second-order valence-electron chi connectivity index (χ2n) is 7.69. The Bertz CT molecular complexity index is 786. The molecular formula is C23H28N2O2. The molecule has 4 heteroatoms. The first-order valence-electron chi connectivity index (χ1n) is 9.75. The number of amides is 2. The monoisotopic (exact) mass is 364 g/mol. The van der Waals surface area contributed by atoms with Crippen LogP contribution >= 0.6 is 0 Å². The molecule has 1 N–H and O–H groups in total. The van der Waals surface area contributed by atoms with Gasteiger partial charge in [-0.05, 0) is 42.0 Å². The lowest BCUT2D eigenvalue weighted by atomic mass is 9.96. The van der Waals surface area contributed by atoms with Crippen molar-refractivity contribution in [3.8, 4) is 0 Å². The maximum absolute atomic E-state index is 12.9. The Hall–Kier alpha value is -2.62. The molecule has 0 aliphatic carbocycles. The highest BCUT2D eigenvalue weighted by atomic mass is 16.2. The van der Waals surface area contributed by atoms with E-state index in [1.807, 2.05) is 47.4 Å². The Labute approximate surface area is 161 Å². The number of nitrogens with zero attached hydrogens (tertiary/aromatic N) is 1. The maximum atomic E-state index is 12.9. The van der Waals surface area contributed by atoms with Gasteiger partial charge in [0.05, 0.1) is 6.04 Å². The Balaban J connectivity index is 1.72. The Morgan fingerprint density at radius 1 is 1.11 bits per heavy atom. The van der Waals surface area contributed by atoms with Gasteiger partial charge in [0.25, 0.3) is 5.91 Å². The van der Waals surface area contributed by atoms with Crippen LogP contribution < -0.4 is 5.32 Å². The van der Waals surface area contributed by atoms with Gasteiger partial charge in [0.2, 0.25) is 5.91 Å². The van der Waals surface area contributed by atoms with Gasteiger partial charge in [0.1, 0.15) is 0 Å². The summed E-state index contributed by atoms with van der Waals surface area (Å²) < 4.78 is 0. The van der Waals surface area contributed by atoms with Crippen molar-refractivity contribution in [1.29, 1.82) is 0 Å². The van der Waals surface area contributed by atoms with E-state index in [0.717, 1.165) is 30.5 Å². The minimum Gasteiger partial charge on any atom is -0.345 e. The molecule has 0 bridgehead atoms. The molecule has 2 aromatic rings. The van der Waals surface area contributed by atoms with Crippen molar-refractivity contribution in [2.75, 3.05) is 6.54 Å². The lowest BCUT2D eigenvalue weighted by molar-refractivity contribution is -0.128. The normalized spacial score (nSPS) is 15.2. The fraction of sp³-hybridized carbons (Fsp3) is 0.391. The first-order chi connectivity index (χ1) is 13.0. The molecule has 0 saturated carbocycles. The van der Waals surface area contributed by atoms with Crippen LogP contribution in [0.1, 0.15) is 60.6 Å². The standard InChI is InChI=1S/C23H28N2O2/c1-17(2)14-21(19-9-4-3-5-10-19)24-23(27)20-11-6-8-18(15-20)16-25-13-7-12-22(25)26/h3-6,8-11,15,17,21H,7,12-14,16H2,1-2H3,(H,24,27). The molecular weight excluding hydrogens is 336 g/mol. The van der Waals surface area contributed by atoms with Gasteiger partial charge < -0.3 is 10.2 Å². The molecule has 1 aliphatic rings. The van der Waals surface area contributed by atoms with Gasteiger partial charge >= 0.3 is 0 Å². The summed E-state index contributed by atoms with van der Waals surface area (Å²) in [4.78, 5) is 26.6. The molecule has 3 rings (SSSR count). The number of hydrogen-bond acceptors (Lipinski definition) is 2. The van der Waals surface area contributed by atoms with Gasteiger partial charge in [-0.3, -0.25) is 9.59 Å². The van der Waals surface area contributed by atoms with Crippen molar-refractivity contribution in [2.24, 2.45) is 5.92 Å². The molecule has 2 amide bonds. The third kappa shape index (κ3) is 5.19. The van der Waals surface area contributed by atoms with Gasteiger partial charge in [-0.25, -0.2) is 0 Å². The quantitative estimate of drug-likeness (QED) is 0.795. The molecule has 142 valence electrons. The fourth-order valence-electron chi connectivity index (χ4n) is 3.58. The van der Waals surface area contributed by atoms with Crippen molar-refractivity contribution < 1.29 is 9.59 Å². The first-order valence-corrected chi connectivity index (χ1v) is 9.75. The van der Waals surface area contributed by atoms with Crippen LogP contribution in [0.15, 0.2) is 54.6 Å². The minimum absolute atomic E-state index is 0.0116. The highest BCUT2D eigenvalue weighted by molar-refractivity contribution is 5.94. The molecule has 1 heterocycles. The first kappa shape index (κ1) is 19.2. The zero-order valence-corrected chi connectivity index (χ0v) is 16.2. The number of likely N-dealkylation sites (tertiary alicyclic amines) is 1. The molecule has 1 fully saturated rings. The number of carbonyl (C=O) groups is 2. The molecule has 27 heavy (non-hydrogen) atoms. The molecule has 1 aliphatic heterocycles. The molecule has 4 nitrogen and oxygen atoms in total. The predicted octanol–water partition coefficient (Wildman–Crippen LogP) is 4.33. The van der Waals surface area contributed by atoms with Crippen LogP contribution in [0, 0.1) is 5.92 Å². The number of benzene rings is 2. The predicted molar refractivity (Wildman–Crippen MR) is 107 cm³/mol. The molecule has 2 aromatic carbocycles. The Morgan fingerprint density at radius 3 is 2.56 bits per heavy atom. The zero-order chi connectivity index (χ0) is 19.2. The Morgan fingerprint density at radius 2 is 1.89 bits per heavy atom. The molecule has 1 unspecified atom stereocenters. The lowest BCUT2D eigenvalue weighted by Crippen LogP contribution is -2.30. The third-order valence-corrected chi connectivity index (χ3v) is 4.95. The third-order valence-electron chi connectivity index (χ3n) is 4.95. The van der Waals surface area contributed by atoms with Crippen LogP contribution in [0.25, 0.3) is 0 Å². The average Bonchev–Trinajstić information content (AvgIpc) is 3.06. The van der Waals surface area contributed by atoms with E-state index in [4.69, 9.17) is 0 Å². The summed E-state index contributed by atoms with van der Waals surface area (Å²) in [6.07, 6.45) is 2.44. The molecule has 1 atom stereocenters. The van der Waals surface area contributed by atoms with Gasteiger partial charge in [-0.2, -0.15) is 0 Å². The SMILES string of the molecule is CC(C)CC(NC(=O)c1cccc(CN2CCCC2=O)c1)c1ccccc1. The number of nitrogens with one attached hydrogen (secondary N) is 1. The highest BCUT2D eigenvalue weighted by Gasteiger charge is 2.21. The summed E-state index contributed by atoms with van der Waals surface area (Å²) >= 11 is 0. The van der Waals surface area contributed by atoms with E-state index in [9.17, 15) is 9.59 Å². The fourth-order valence-corrected chi connectivity index (χ4v) is 3.58. The van der Waals surface area contributed by atoms with Crippen molar-refractivity contribution in [3.63, 3.8) is 0 Å². The van der Waals surface area contributed by atoms with Crippen molar-refractivity contribution >= 4 is 11.8 Å². The summed E-state index contributed by atoms with van der Waals surface area (Å²) in [5.74, 6) is 0.605. The number of hydrogen-bond donors (Lipinski definition) is 1. The van der Waals surface area contributed by atoms with E-state index in [1.54, 1.807) is 0 Å². The maximum Gasteiger partial charge on any atom is 0.251 e. The van der Waals surface area contributed by atoms with E-state index in [1.165, 1.54) is 0 Å². The highest BCUT2D eigenvalue weighted by Crippen LogP contribution is 2.22. The summed E-state index contributed by atoms with van der Waals surface area (Å²) in [6, 6.07) is 17.7. The number of carbonyl (C=O) groups excluding carboxylic acids is 2. The largest absolute Gasteiger partial charge is 0.345 e. The smallest absolute Gasteiger partial charge is 0.251 e. The van der Waals surface area contributed by atoms with E-state index >= 15 is 0 Å². The van der Waals surface area contributed by atoms with Gasteiger partial charge in [-0.1, -0.05) is 56.3 Å². The topological polar surface area (TPSA) is 49.4 Å². The summed E-state index contributed by atoms with van der Waals surface area (Å²) in [6.45, 7) is 5.71. The van der Waals surface area contributed by atoms with Crippen LogP contribution in [-0.4, -0.2) is 23.3 Å². The molecule has 0 radical (unpaired) electrons. The van der Waals surface area contributed by atoms with Crippen LogP contribution in [0.3, 0.4) is 0 Å².